The van der Waals surface area contributed by atoms with Crippen molar-refractivity contribution in [3.63, 3.8) is 0 Å². The van der Waals surface area contributed by atoms with Crippen molar-refractivity contribution in [2.45, 2.75) is 4.90 Å². The summed E-state index contributed by atoms with van der Waals surface area (Å²) in [7, 11) is -2.92. The number of hydrogen-bond donors (Lipinski definition) is 1. The van der Waals surface area contributed by atoms with E-state index in [2.05, 4.69) is 5.32 Å². The highest BCUT2D eigenvalue weighted by Gasteiger charge is 2.37. The molecule has 1 heterocycles. The van der Waals surface area contributed by atoms with E-state index in [9.17, 15) is 22.8 Å². The Morgan fingerprint density at radius 3 is 2.32 bits per heavy atom. The van der Waals surface area contributed by atoms with Gasteiger partial charge in [0.25, 0.3) is 11.8 Å². The van der Waals surface area contributed by atoms with Gasteiger partial charge in [-0.25, -0.2) is 9.69 Å². The van der Waals surface area contributed by atoms with Crippen molar-refractivity contribution in [3.05, 3.63) is 85.4 Å². The zero-order chi connectivity index (χ0) is 26.9. The molecule has 9 nitrogen and oxygen atoms in total. The predicted molar refractivity (Wildman–Crippen MR) is 145 cm³/mol. The average molecular weight is 673 g/mol. The van der Waals surface area contributed by atoms with E-state index in [1.807, 2.05) is 22.6 Å². The van der Waals surface area contributed by atoms with E-state index in [1.54, 1.807) is 12.1 Å². The zero-order valence-corrected chi connectivity index (χ0v) is 23.2. The van der Waals surface area contributed by atoms with Gasteiger partial charge in [-0.05, 0) is 82.8 Å². The fraction of sp³-hybridized carbons (Fsp3) is 0.0417. The molecular formula is C24H15Cl2IN2O7S. The lowest BCUT2D eigenvalue weighted by atomic mass is 10.1. The van der Waals surface area contributed by atoms with Gasteiger partial charge < -0.3 is 8.92 Å². The molecule has 0 bridgehead atoms. The molecule has 4 rings (SSSR count). The summed E-state index contributed by atoms with van der Waals surface area (Å²) in [5, 5.41) is 2.62. The molecule has 1 aliphatic rings. The quantitative estimate of drug-likeness (QED) is 0.169. The number of nitrogens with zero attached hydrogens (tertiary/aromatic N) is 1. The molecule has 0 aromatic heterocycles. The topological polar surface area (TPSA) is 119 Å². The number of nitrogens with one attached hydrogen (secondary N) is 1. The third kappa shape index (κ3) is 5.59. The summed E-state index contributed by atoms with van der Waals surface area (Å²) < 4.78 is 36.5. The van der Waals surface area contributed by atoms with Gasteiger partial charge in [0.05, 0.1) is 21.4 Å². The lowest BCUT2D eigenvalue weighted by Gasteiger charge is -2.27. The molecular weight excluding hydrogens is 658 g/mol. The van der Waals surface area contributed by atoms with Crippen LogP contribution in [0.15, 0.2) is 71.1 Å². The number of anilines is 1. The summed E-state index contributed by atoms with van der Waals surface area (Å²) in [6, 6.07) is 13.5. The Morgan fingerprint density at radius 2 is 1.68 bits per heavy atom. The SMILES string of the molecule is COc1cc(/C=C2\C(=O)NC(=O)N(c3ccccc3Cl)C2=O)cc(I)c1OS(=O)(=O)c1ccc(Cl)cc1. The monoisotopic (exact) mass is 672 g/mol. The molecule has 3 aromatic carbocycles. The van der Waals surface area contributed by atoms with Gasteiger partial charge in [0, 0.05) is 5.02 Å². The number of imide groups is 2. The minimum Gasteiger partial charge on any atom is -0.493 e. The van der Waals surface area contributed by atoms with E-state index >= 15 is 0 Å². The van der Waals surface area contributed by atoms with Crippen LogP contribution in [0.4, 0.5) is 10.5 Å². The summed E-state index contributed by atoms with van der Waals surface area (Å²) in [5.41, 5.74) is 0.0673. The van der Waals surface area contributed by atoms with E-state index in [-0.39, 0.29) is 32.7 Å². The lowest BCUT2D eigenvalue weighted by molar-refractivity contribution is -0.122. The Hall–Kier alpha value is -3.13. The molecule has 3 aromatic rings. The summed E-state index contributed by atoms with van der Waals surface area (Å²) in [6.07, 6.45) is 1.25. The second kappa shape index (κ2) is 10.7. The van der Waals surface area contributed by atoms with Crippen LogP contribution in [0.25, 0.3) is 6.08 Å². The number of para-hydroxylation sites is 1. The first-order chi connectivity index (χ1) is 17.5. The molecule has 1 saturated heterocycles. The van der Waals surface area contributed by atoms with E-state index in [4.69, 9.17) is 32.1 Å². The number of carbonyl (C=O) groups is 3. The van der Waals surface area contributed by atoms with Crippen molar-refractivity contribution in [1.29, 1.82) is 0 Å². The third-order valence-electron chi connectivity index (χ3n) is 5.05. The molecule has 0 spiro atoms. The van der Waals surface area contributed by atoms with Gasteiger partial charge in [0.15, 0.2) is 11.5 Å². The molecule has 0 saturated carbocycles. The number of rotatable bonds is 6. The smallest absolute Gasteiger partial charge is 0.339 e. The molecule has 1 fully saturated rings. The van der Waals surface area contributed by atoms with Crippen LogP contribution < -0.4 is 19.1 Å². The van der Waals surface area contributed by atoms with Crippen LogP contribution in [-0.2, 0) is 19.7 Å². The van der Waals surface area contributed by atoms with Gasteiger partial charge >= 0.3 is 16.1 Å². The normalized spacial score (nSPS) is 15.1. The van der Waals surface area contributed by atoms with E-state index in [1.165, 1.54) is 61.7 Å². The maximum absolute atomic E-state index is 13.1. The average Bonchev–Trinajstić information content (AvgIpc) is 2.84. The molecule has 0 atom stereocenters. The Morgan fingerprint density at radius 1 is 1.00 bits per heavy atom. The number of urea groups is 1. The fourth-order valence-electron chi connectivity index (χ4n) is 3.34. The van der Waals surface area contributed by atoms with Gasteiger partial charge in [-0.3, -0.25) is 14.9 Å². The summed E-state index contributed by atoms with van der Waals surface area (Å²) in [4.78, 5) is 38.7. The number of ether oxygens (including phenoxy) is 1. The van der Waals surface area contributed by atoms with E-state index in [0.29, 0.717) is 14.2 Å². The molecule has 0 radical (unpaired) electrons. The van der Waals surface area contributed by atoms with Crippen molar-refractivity contribution >= 4 is 85.5 Å². The number of amides is 4. The zero-order valence-electron chi connectivity index (χ0n) is 18.7. The van der Waals surface area contributed by atoms with E-state index in [0.717, 1.165) is 4.90 Å². The van der Waals surface area contributed by atoms with Crippen LogP contribution in [0.2, 0.25) is 10.0 Å². The van der Waals surface area contributed by atoms with E-state index < -0.39 is 28.0 Å². The molecule has 190 valence electrons. The van der Waals surface area contributed by atoms with Gasteiger partial charge in [-0.2, -0.15) is 8.42 Å². The standard InChI is InChI=1S/C24H15Cl2IN2O7S/c1-35-20-12-13(11-18(27)21(20)36-37(33,34)15-8-6-14(25)7-9-15)10-16-22(30)28-24(32)29(23(16)31)19-5-3-2-4-17(19)26/h2-12H,1H3,(H,28,30,32)/b16-10+. The van der Waals surface area contributed by atoms with Crippen molar-refractivity contribution in [1.82, 2.24) is 5.32 Å². The Kier molecular flexibility index (Phi) is 7.78. The maximum atomic E-state index is 13.1. The van der Waals surface area contributed by atoms with Crippen LogP contribution in [0, 0.1) is 3.57 Å². The van der Waals surface area contributed by atoms with Crippen molar-refractivity contribution in [2.75, 3.05) is 12.0 Å². The molecule has 0 aliphatic carbocycles. The Labute approximate surface area is 235 Å². The molecule has 0 unspecified atom stereocenters. The number of methoxy groups -OCH3 is 1. The highest BCUT2D eigenvalue weighted by atomic mass is 127. The second-order valence-corrected chi connectivity index (χ2v) is 11.0. The van der Waals surface area contributed by atoms with Gasteiger partial charge in [-0.1, -0.05) is 35.3 Å². The minimum absolute atomic E-state index is 0.0268. The maximum Gasteiger partial charge on any atom is 0.339 e. The molecule has 37 heavy (non-hydrogen) atoms. The predicted octanol–water partition coefficient (Wildman–Crippen LogP) is 5.04. The third-order valence-corrected chi connectivity index (χ3v) is 7.66. The number of carbonyl (C=O) groups excluding carboxylic acids is 3. The van der Waals surface area contributed by atoms with Crippen LogP contribution in [0.5, 0.6) is 11.5 Å². The number of halogens is 3. The van der Waals surface area contributed by atoms with Gasteiger partial charge in [0.2, 0.25) is 0 Å². The second-order valence-electron chi connectivity index (χ2n) is 7.43. The number of benzene rings is 3. The van der Waals surface area contributed by atoms with Crippen molar-refractivity contribution < 1.29 is 31.7 Å². The fourth-order valence-corrected chi connectivity index (χ4v) is 5.53. The Balaban J connectivity index is 1.71. The first kappa shape index (κ1) is 26.9. The minimum atomic E-state index is -4.22. The molecule has 1 aliphatic heterocycles. The largest absolute Gasteiger partial charge is 0.493 e. The summed E-state index contributed by atoms with van der Waals surface area (Å²) in [6.45, 7) is 0. The molecule has 1 N–H and O–H groups in total. The highest BCUT2D eigenvalue weighted by molar-refractivity contribution is 14.1. The number of hydrogen-bond acceptors (Lipinski definition) is 7. The Bertz CT molecular complexity index is 1570. The summed E-state index contributed by atoms with van der Waals surface area (Å²) >= 11 is 13.8. The highest BCUT2D eigenvalue weighted by Crippen LogP contribution is 2.37. The molecule has 4 amide bonds. The van der Waals surface area contributed by atoms with Crippen LogP contribution in [-0.4, -0.2) is 33.4 Å². The van der Waals surface area contributed by atoms with Crippen molar-refractivity contribution in [3.8, 4) is 11.5 Å². The lowest BCUT2D eigenvalue weighted by Crippen LogP contribution is -2.54. The first-order valence-corrected chi connectivity index (χ1v) is 13.5. The molecule has 13 heteroatoms. The van der Waals surface area contributed by atoms with Crippen LogP contribution >= 0.6 is 45.8 Å². The van der Waals surface area contributed by atoms with Gasteiger partial charge in [0.1, 0.15) is 10.5 Å². The van der Waals surface area contributed by atoms with Crippen molar-refractivity contribution in [2.24, 2.45) is 0 Å². The van der Waals surface area contributed by atoms with Crippen LogP contribution in [0.3, 0.4) is 0 Å². The summed E-state index contributed by atoms with van der Waals surface area (Å²) in [5.74, 6) is -1.86. The number of barbiturate groups is 1. The first-order valence-electron chi connectivity index (χ1n) is 10.3. The van der Waals surface area contributed by atoms with Gasteiger partial charge in [-0.15, -0.1) is 0 Å². The van der Waals surface area contributed by atoms with Crippen LogP contribution in [0.1, 0.15) is 5.56 Å².